The van der Waals surface area contributed by atoms with Crippen LogP contribution in [0.25, 0.3) is 0 Å². The maximum atomic E-state index is 12.5. The molecule has 1 aromatic carbocycles. The van der Waals surface area contributed by atoms with E-state index in [9.17, 15) is 21.6 Å². The highest BCUT2D eigenvalue weighted by Gasteiger charge is 2.47. The van der Waals surface area contributed by atoms with E-state index >= 15 is 0 Å². The Hall–Kier alpha value is -2.30. The number of hydrogen-bond donors (Lipinski definition) is 3. The molecule has 21 heavy (non-hydrogen) atoms. The Kier molecular flexibility index (Phi) is 3.53. The third kappa shape index (κ3) is 2.91. The van der Waals surface area contributed by atoms with Gasteiger partial charge in [-0.05, 0) is 30.7 Å². The van der Waals surface area contributed by atoms with Crippen LogP contribution in [0.2, 0.25) is 0 Å². The molecule has 2 aromatic rings. The zero-order chi connectivity index (χ0) is 15.8. The normalized spacial score (nSPS) is 12.4. The summed E-state index contributed by atoms with van der Waals surface area (Å²) in [5.74, 6) is 0.170. The number of nitrogen functional groups attached to an aromatic ring is 1. The van der Waals surface area contributed by atoms with Crippen molar-refractivity contribution in [1.82, 2.24) is 15.2 Å². The number of hydrogen-bond acceptors (Lipinski definition) is 6. The van der Waals surface area contributed by atoms with Gasteiger partial charge in [-0.1, -0.05) is 0 Å². The average molecular weight is 321 g/mol. The van der Waals surface area contributed by atoms with Gasteiger partial charge in [0.2, 0.25) is 11.9 Å². The predicted molar refractivity (Wildman–Crippen MR) is 68.5 cm³/mol. The number of sulfone groups is 1. The third-order valence-corrected chi connectivity index (χ3v) is 4.17. The lowest BCUT2D eigenvalue weighted by atomic mass is 10.2. The predicted octanol–water partition coefficient (Wildman–Crippen LogP) is 1.73. The molecule has 1 aromatic heterocycles. The molecule has 0 bridgehead atoms. The van der Waals surface area contributed by atoms with Crippen LogP contribution in [0.5, 0.6) is 0 Å². The van der Waals surface area contributed by atoms with E-state index in [0.717, 1.165) is 6.07 Å². The molecule has 0 aliphatic carbocycles. The van der Waals surface area contributed by atoms with Gasteiger partial charge in [0.15, 0.2) is 0 Å². The number of nitrogens with two attached hydrogens (primary N) is 1. The van der Waals surface area contributed by atoms with Gasteiger partial charge in [-0.25, -0.2) is 13.5 Å². The fraction of sp³-hybridized carbons (Fsp3) is 0.200. The van der Waals surface area contributed by atoms with Crippen LogP contribution in [0, 0.1) is 6.92 Å². The summed E-state index contributed by atoms with van der Waals surface area (Å²) in [6.07, 6.45) is 0. The first kappa shape index (κ1) is 15.1. The monoisotopic (exact) mass is 321 g/mol. The van der Waals surface area contributed by atoms with Gasteiger partial charge in [0, 0.05) is 5.69 Å². The molecule has 114 valence electrons. The lowest BCUT2D eigenvalue weighted by Gasteiger charge is -2.11. The molecule has 0 radical (unpaired) electrons. The zero-order valence-electron chi connectivity index (χ0n) is 10.6. The van der Waals surface area contributed by atoms with Crippen LogP contribution < -0.4 is 11.1 Å². The number of aromatic amines is 1. The Labute approximate surface area is 117 Å². The van der Waals surface area contributed by atoms with Crippen molar-refractivity contribution in [3.05, 3.63) is 23.8 Å². The second-order valence-corrected chi connectivity index (χ2v) is 6.01. The summed E-state index contributed by atoms with van der Waals surface area (Å²) in [7, 11) is -5.38. The van der Waals surface area contributed by atoms with E-state index in [1.165, 1.54) is 19.1 Å². The number of anilines is 3. The fourth-order valence-electron chi connectivity index (χ4n) is 1.61. The van der Waals surface area contributed by atoms with E-state index < -0.39 is 20.2 Å². The highest BCUT2D eigenvalue weighted by Crippen LogP contribution is 2.33. The van der Waals surface area contributed by atoms with Crippen LogP contribution in [0.4, 0.5) is 30.8 Å². The second-order valence-electron chi connectivity index (χ2n) is 4.10. The second kappa shape index (κ2) is 4.91. The number of nitrogens with zero attached hydrogens (tertiary/aromatic N) is 2. The van der Waals surface area contributed by atoms with Gasteiger partial charge in [-0.15, -0.1) is 5.10 Å². The Balaban J connectivity index is 2.34. The molecule has 0 fully saturated rings. The lowest BCUT2D eigenvalue weighted by molar-refractivity contribution is -0.0436. The minimum atomic E-state index is -5.38. The summed E-state index contributed by atoms with van der Waals surface area (Å²) in [6, 6.07) is 3.29. The summed E-state index contributed by atoms with van der Waals surface area (Å²) in [4.78, 5) is 2.95. The van der Waals surface area contributed by atoms with E-state index in [2.05, 4.69) is 20.5 Å². The molecular weight excluding hydrogens is 311 g/mol. The van der Waals surface area contributed by atoms with E-state index in [-0.39, 0.29) is 17.5 Å². The Morgan fingerprint density at radius 2 is 2.00 bits per heavy atom. The van der Waals surface area contributed by atoms with Crippen molar-refractivity contribution in [2.45, 2.75) is 17.3 Å². The smallest absolute Gasteiger partial charge is 0.368 e. The first-order chi connectivity index (χ1) is 9.61. The summed E-state index contributed by atoms with van der Waals surface area (Å²) >= 11 is 0. The largest absolute Gasteiger partial charge is 0.501 e. The van der Waals surface area contributed by atoms with Gasteiger partial charge < -0.3 is 11.1 Å². The number of H-pyrrole nitrogens is 1. The molecule has 7 nitrogen and oxygen atoms in total. The number of nitrogens with one attached hydrogen (secondary N) is 2. The average Bonchev–Trinajstić information content (AvgIpc) is 2.73. The van der Waals surface area contributed by atoms with Crippen LogP contribution in [0.15, 0.2) is 23.1 Å². The van der Waals surface area contributed by atoms with Crippen molar-refractivity contribution >= 4 is 27.4 Å². The van der Waals surface area contributed by atoms with Crippen molar-refractivity contribution in [2.24, 2.45) is 0 Å². The van der Waals surface area contributed by atoms with E-state index in [1.54, 1.807) is 0 Å². The third-order valence-electron chi connectivity index (χ3n) is 2.53. The zero-order valence-corrected chi connectivity index (χ0v) is 11.4. The van der Waals surface area contributed by atoms with Gasteiger partial charge in [-0.3, -0.25) is 0 Å². The molecule has 0 aliphatic heterocycles. The van der Waals surface area contributed by atoms with Gasteiger partial charge in [0.05, 0.1) is 4.90 Å². The van der Waals surface area contributed by atoms with Crippen LogP contribution >= 0.6 is 0 Å². The summed E-state index contributed by atoms with van der Waals surface area (Å²) in [5, 5.41) is 8.72. The summed E-state index contributed by atoms with van der Waals surface area (Å²) < 4.78 is 60.2. The molecule has 1 heterocycles. The first-order valence-corrected chi connectivity index (χ1v) is 6.96. The van der Waals surface area contributed by atoms with Gasteiger partial charge in [0.25, 0.3) is 9.84 Å². The van der Waals surface area contributed by atoms with Crippen molar-refractivity contribution in [3.63, 3.8) is 0 Å². The Bertz CT molecular complexity index is 769. The molecular formula is C10H10F3N5O2S. The van der Waals surface area contributed by atoms with Gasteiger partial charge in [-0.2, -0.15) is 18.2 Å². The summed E-state index contributed by atoms with van der Waals surface area (Å²) in [6.45, 7) is 1.26. The Morgan fingerprint density at radius 3 is 2.48 bits per heavy atom. The van der Waals surface area contributed by atoms with E-state index in [0.29, 0.717) is 5.69 Å². The molecule has 0 aliphatic rings. The number of aryl methyl sites for hydroxylation is 1. The highest BCUT2D eigenvalue weighted by molar-refractivity contribution is 7.92. The highest BCUT2D eigenvalue weighted by atomic mass is 32.2. The molecule has 0 spiro atoms. The maximum Gasteiger partial charge on any atom is 0.501 e. The topological polar surface area (TPSA) is 114 Å². The van der Waals surface area contributed by atoms with E-state index in [4.69, 9.17) is 5.73 Å². The lowest BCUT2D eigenvalue weighted by Crippen LogP contribution is -2.24. The van der Waals surface area contributed by atoms with Crippen LogP contribution in [0.1, 0.15) is 5.56 Å². The Morgan fingerprint density at radius 1 is 1.33 bits per heavy atom. The van der Waals surface area contributed by atoms with Crippen molar-refractivity contribution in [3.8, 4) is 0 Å². The molecule has 0 atom stereocenters. The van der Waals surface area contributed by atoms with Crippen LogP contribution in [-0.2, 0) is 9.84 Å². The fourth-order valence-corrected chi connectivity index (χ4v) is 2.59. The minimum absolute atomic E-state index is 0.0548. The van der Waals surface area contributed by atoms with Crippen LogP contribution in [-0.4, -0.2) is 29.1 Å². The number of alkyl halides is 3. The quantitative estimate of drug-likeness (QED) is 0.793. The van der Waals surface area contributed by atoms with Gasteiger partial charge >= 0.3 is 5.51 Å². The van der Waals surface area contributed by atoms with Crippen molar-refractivity contribution in [2.75, 3.05) is 11.1 Å². The van der Waals surface area contributed by atoms with E-state index in [1.807, 2.05) is 0 Å². The molecule has 2 rings (SSSR count). The van der Waals surface area contributed by atoms with Crippen molar-refractivity contribution in [1.29, 1.82) is 0 Å². The number of halogens is 3. The van der Waals surface area contributed by atoms with Crippen LogP contribution in [0.3, 0.4) is 0 Å². The summed E-state index contributed by atoms with van der Waals surface area (Å²) in [5.41, 5.74) is 0.247. The minimum Gasteiger partial charge on any atom is -0.368 e. The van der Waals surface area contributed by atoms with Crippen molar-refractivity contribution < 1.29 is 21.6 Å². The standard InChI is InChI=1S/C10H10F3N5O2S/c1-5-4-6(15-9-16-8(14)17-18-9)2-3-7(5)21(19,20)10(11,12)13/h2-4H,1H3,(H4,14,15,16,17,18). The number of rotatable bonds is 3. The maximum absolute atomic E-state index is 12.5. The molecule has 0 saturated heterocycles. The molecule has 11 heteroatoms. The number of benzene rings is 1. The molecule has 4 N–H and O–H groups in total. The SMILES string of the molecule is Cc1cc(Nc2n[nH]c(N)n2)ccc1S(=O)(=O)C(F)(F)F. The molecule has 0 unspecified atom stereocenters. The van der Waals surface area contributed by atoms with Gasteiger partial charge in [0.1, 0.15) is 0 Å². The molecule has 0 saturated carbocycles. The first-order valence-electron chi connectivity index (χ1n) is 5.48. The molecule has 0 amide bonds. The number of aromatic nitrogens is 3.